The Morgan fingerprint density at radius 3 is 2.37 bits per heavy atom. The molecule has 0 aliphatic carbocycles. The van der Waals surface area contributed by atoms with Crippen LogP contribution in [0.4, 0.5) is 0 Å². The highest BCUT2D eigenvalue weighted by atomic mass is 16.3. The summed E-state index contributed by atoms with van der Waals surface area (Å²) in [5, 5.41) is 12.5. The largest absolute Gasteiger partial charge is 0.507 e. The minimum absolute atomic E-state index is 0.00649. The molecule has 2 aromatic rings. The van der Waals surface area contributed by atoms with E-state index in [9.17, 15) is 9.90 Å². The number of rotatable bonds is 3. The Labute approximate surface area is 112 Å². The molecule has 0 fully saturated rings. The number of amides is 1. The minimum atomic E-state index is -0.262. The van der Waals surface area contributed by atoms with E-state index in [1.807, 2.05) is 38.1 Å². The Morgan fingerprint density at radius 1 is 1.05 bits per heavy atom. The lowest BCUT2D eigenvalue weighted by atomic mass is 10.1. The molecule has 0 bridgehead atoms. The highest BCUT2D eigenvalue weighted by Crippen LogP contribution is 2.18. The first-order valence-corrected chi connectivity index (χ1v) is 6.19. The van der Waals surface area contributed by atoms with Crippen molar-refractivity contribution in [1.82, 2.24) is 5.32 Å². The normalized spacial score (nSPS) is 10.2. The van der Waals surface area contributed by atoms with Gasteiger partial charge in [0.1, 0.15) is 5.75 Å². The Kier molecular flexibility index (Phi) is 3.85. The molecule has 0 spiro atoms. The lowest BCUT2D eigenvalue weighted by Crippen LogP contribution is -2.22. The molecule has 0 saturated carbocycles. The fourth-order valence-electron chi connectivity index (χ4n) is 1.82. The predicted molar refractivity (Wildman–Crippen MR) is 75.2 cm³/mol. The molecular formula is C16H17NO2. The zero-order valence-corrected chi connectivity index (χ0v) is 11.1. The molecular weight excluding hydrogens is 238 g/mol. The smallest absolute Gasteiger partial charge is 0.255 e. The van der Waals surface area contributed by atoms with E-state index in [1.165, 1.54) is 11.6 Å². The van der Waals surface area contributed by atoms with Crippen LogP contribution in [-0.4, -0.2) is 11.0 Å². The molecule has 2 rings (SSSR count). The van der Waals surface area contributed by atoms with Crippen LogP contribution in [-0.2, 0) is 6.54 Å². The highest BCUT2D eigenvalue weighted by Gasteiger charge is 2.10. The van der Waals surface area contributed by atoms with Crippen molar-refractivity contribution in [2.24, 2.45) is 0 Å². The fraction of sp³-hybridized carbons (Fsp3) is 0.188. The number of hydrogen-bond acceptors (Lipinski definition) is 2. The second-order valence-corrected chi connectivity index (χ2v) is 4.69. The summed E-state index contributed by atoms with van der Waals surface area (Å²) >= 11 is 0. The number of carbonyl (C=O) groups is 1. The lowest BCUT2D eigenvalue weighted by molar-refractivity contribution is 0.0948. The molecule has 0 unspecified atom stereocenters. The van der Waals surface area contributed by atoms with Gasteiger partial charge < -0.3 is 10.4 Å². The third kappa shape index (κ3) is 3.35. The molecule has 1 amide bonds. The van der Waals surface area contributed by atoms with Gasteiger partial charge in [0, 0.05) is 6.54 Å². The number of aryl methyl sites for hydroxylation is 2. The minimum Gasteiger partial charge on any atom is -0.507 e. The number of phenolic OH excluding ortho intramolecular Hbond substituents is 1. The van der Waals surface area contributed by atoms with Gasteiger partial charge in [-0.25, -0.2) is 0 Å². The average molecular weight is 255 g/mol. The number of carbonyl (C=O) groups excluding carboxylic acids is 1. The molecule has 0 aliphatic heterocycles. The molecule has 0 atom stereocenters. The van der Waals surface area contributed by atoms with Gasteiger partial charge in [0.25, 0.3) is 5.91 Å². The summed E-state index contributed by atoms with van der Waals surface area (Å²) in [5.74, 6) is -0.256. The van der Waals surface area contributed by atoms with Crippen molar-refractivity contribution in [3.05, 3.63) is 64.7 Å². The standard InChI is InChI=1S/C16H17NO2/c1-11-3-6-13(7-4-11)10-17-16(19)14-9-12(2)5-8-15(14)18/h3-9,18H,10H2,1-2H3,(H,17,19). The average Bonchev–Trinajstić information content (AvgIpc) is 2.40. The summed E-state index contributed by atoms with van der Waals surface area (Å²) in [4.78, 5) is 12.0. The van der Waals surface area contributed by atoms with Gasteiger partial charge in [-0.3, -0.25) is 4.79 Å². The second kappa shape index (κ2) is 5.57. The SMILES string of the molecule is Cc1ccc(CNC(=O)c2cc(C)ccc2O)cc1. The molecule has 3 nitrogen and oxygen atoms in total. The van der Waals surface area contributed by atoms with Crippen LogP contribution in [0.5, 0.6) is 5.75 Å². The van der Waals surface area contributed by atoms with Crippen LogP contribution >= 0.6 is 0 Å². The van der Waals surface area contributed by atoms with Gasteiger partial charge in [0.2, 0.25) is 0 Å². The summed E-state index contributed by atoms with van der Waals surface area (Å²) in [5.41, 5.74) is 3.47. The topological polar surface area (TPSA) is 49.3 Å². The molecule has 0 saturated heterocycles. The van der Waals surface area contributed by atoms with Crippen molar-refractivity contribution in [3.63, 3.8) is 0 Å². The molecule has 0 heterocycles. The molecule has 98 valence electrons. The van der Waals surface area contributed by atoms with Crippen molar-refractivity contribution in [1.29, 1.82) is 0 Å². The quantitative estimate of drug-likeness (QED) is 0.886. The zero-order chi connectivity index (χ0) is 13.8. The Hall–Kier alpha value is -2.29. The number of phenols is 1. The van der Waals surface area contributed by atoms with E-state index >= 15 is 0 Å². The third-order valence-electron chi connectivity index (χ3n) is 2.97. The lowest BCUT2D eigenvalue weighted by Gasteiger charge is -2.08. The zero-order valence-electron chi connectivity index (χ0n) is 11.1. The highest BCUT2D eigenvalue weighted by molar-refractivity contribution is 5.96. The van der Waals surface area contributed by atoms with Crippen molar-refractivity contribution in [2.75, 3.05) is 0 Å². The van der Waals surface area contributed by atoms with Crippen LogP contribution < -0.4 is 5.32 Å². The molecule has 2 N–H and O–H groups in total. The van der Waals surface area contributed by atoms with Gasteiger partial charge >= 0.3 is 0 Å². The van der Waals surface area contributed by atoms with Crippen molar-refractivity contribution in [3.8, 4) is 5.75 Å². The molecule has 0 aliphatic rings. The maximum atomic E-state index is 12.0. The van der Waals surface area contributed by atoms with E-state index in [1.54, 1.807) is 12.1 Å². The van der Waals surface area contributed by atoms with E-state index < -0.39 is 0 Å². The molecule has 2 aromatic carbocycles. The predicted octanol–water partition coefficient (Wildman–Crippen LogP) is 2.94. The van der Waals surface area contributed by atoms with E-state index in [4.69, 9.17) is 0 Å². The number of benzene rings is 2. The van der Waals surface area contributed by atoms with E-state index in [0.717, 1.165) is 11.1 Å². The van der Waals surface area contributed by atoms with Crippen molar-refractivity contribution in [2.45, 2.75) is 20.4 Å². The summed E-state index contributed by atoms with van der Waals surface area (Å²) in [6, 6.07) is 13.0. The number of hydrogen-bond donors (Lipinski definition) is 2. The summed E-state index contributed by atoms with van der Waals surface area (Å²) < 4.78 is 0. The Morgan fingerprint density at radius 2 is 1.68 bits per heavy atom. The first-order valence-electron chi connectivity index (χ1n) is 6.19. The monoisotopic (exact) mass is 255 g/mol. The van der Waals surface area contributed by atoms with Crippen LogP contribution in [0.25, 0.3) is 0 Å². The maximum Gasteiger partial charge on any atom is 0.255 e. The molecule has 0 aromatic heterocycles. The summed E-state index contributed by atoms with van der Waals surface area (Å²) in [6.45, 7) is 4.36. The number of nitrogens with one attached hydrogen (secondary N) is 1. The van der Waals surface area contributed by atoms with Gasteiger partial charge in [-0.2, -0.15) is 0 Å². The van der Waals surface area contributed by atoms with E-state index in [0.29, 0.717) is 12.1 Å². The van der Waals surface area contributed by atoms with Crippen LogP contribution in [0, 0.1) is 13.8 Å². The van der Waals surface area contributed by atoms with Crippen LogP contribution in [0.15, 0.2) is 42.5 Å². The van der Waals surface area contributed by atoms with Crippen LogP contribution in [0.3, 0.4) is 0 Å². The fourth-order valence-corrected chi connectivity index (χ4v) is 1.82. The number of aromatic hydroxyl groups is 1. The first kappa shape index (κ1) is 13.1. The molecule has 3 heteroatoms. The van der Waals surface area contributed by atoms with Gasteiger partial charge in [-0.15, -0.1) is 0 Å². The van der Waals surface area contributed by atoms with Gasteiger partial charge in [0.15, 0.2) is 0 Å². The van der Waals surface area contributed by atoms with Crippen molar-refractivity contribution >= 4 is 5.91 Å². The third-order valence-corrected chi connectivity index (χ3v) is 2.97. The Bertz CT molecular complexity index is 588. The summed E-state index contributed by atoms with van der Waals surface area (Å²) in [7, 11) is 0. The van der Waals surface area contributed by atoms with Crippen molar-refractivity contribution < 1.29 is 9.90 Å². The van der Waals surface area contributed by atoms with E-state index in [-0.39, 0.29) is 11.7 Å². The second-order valence-electron chi connectivity index (χ2n) is 4.69. The summed E-state index contributed by atoms with van der Waals surface area (Å²) in [6.07, 6.45) is 0. The van der Waals surface area contributed by atoms with Gasteiger partial charge in [-0.05, 0) is 31.5 Å². The van der Waals surface area contributed by atoms with Crippen LogP contribution in [0.2, 0.25) is 0 Å². The first-order chi connectivity index (χ1) is 9.06. The van der Waals surface area contributed by atoms with Gasteiger partial charge in [0.05, 0.1) is 5.56 Å². The maximum absolute atomic E-state index is 12.0. The van der Waals surface area contributed by atoms with Gasteiger partial charge in [-0.1, -0.05) is 41.5 Å². The molecule has 19 heavy (non-hydrogen) atoms. The Balaban J connectivity index is 2.05. The van der Waals surface area contributed by atoms with E-state index in [2.05, 4.69) is 5.32 Å². The van der Waals surface area contributed by atoms with Crippen LogP contribution in [0.1, 0.15) is 27.0 Å². The molecule has 0 radical (unpaired) electrons.